The van der Waals surface area contributed by atoms with Crippen LogP contribution in [0.3, 0.4) is 0 Å². The van der Waals surface area contributed by atoms with Gasteiger partial charge in [-0.25, -0.2) is 4.79 Å². The van der Waals surface area contributed by atoms with Crippen molar-refractivity contribution in [2.45, 2.75) is 18.9 Å². The molecule has 0 saturated carbocycles. The average Bonchev–Trinajstić information content (AvgIpc) is 2.29. The maximum Gasteiger partial charge on any atom is 0.328 e. The fourth-order valence-electron chi connectivity index (χ4n) is 1.67. The average molecular weight is 250 g/mol. The topological polar surface area (TPSA) is 105 Å². The van der Waals surface area contributed by atoms with Gasteiger partial charge in [0.2, 0.25) is 5.96 Å². The fraction of sp³-hybridized carbons (Fsp3) is 0.333. The number of hydrogen-bond acceptors (Lipinski definition) is 3. The molecule has 0 aliphatic heterocycles. The van der Waals surface area contributed by atoms with Gasteiger partial charge in [-0.3, -0.25) is 5.01 Å². The molecule has 1 aromatic carbocycles. The smallest absolute Gasteiger partial charge is 0.328 e. The summed E-state index contributed by atoms with van der Waals surface area (Å²) in [7, 11) is 1.55. The van der Waals surface area contributed by atoms with Crippen LogP contribution in [-0.4, -0.2) is 35.1 Å². The van der Waals surface area contributed by atoms with Crippen LogP contribution in [0.1, 0.15) is 12.0 Å². The number of benzene rings is 1. The number of carbonyl (C=O) groups is 1. The largest absolute Gasteiger partial charge is 0.480 e. The van der Waals surface area contributed by atoms with Crippen molar-refractivity contribution in [3.05, 3.63) is 35.9 Å². The Morgan fingerprint density at radius 2 is 2.00 bits per heavy atom. The van der Waals surface area contributed by atoms with Gasteiger partial charge in [-0.05, 0) is 18.4 Å². The van der Waals surface area contributed by atoms with Gasteiger partial charge in [0.1, 0.15) is 6.04 Å². The van der Waals surface area contributed by atoms with Crippen molar-refractivity contribution < 1.29 is 9.90 Å². The van der Waals surface area contributed by atoms with Crippen LogP contribution in [0.2, 0.25) is 0 Å². The van der Waals surface area contributed by atoms with E-state index in [9.17, 15) is 4.79 Å². The standard InChI is InChI=1S/C12H18N4O2/c1-16(15-12(13)14)10(11(17)18)8-7-9-5-3-2-4-6-9/h2-6,10H,7-8H2,1H3,(H,17,18)(H4,13,14,15)/t10-/m0/s1. The van der Waals surface area contributed by atoms with E-state index in [4.69, 9.17) is 16.6 Å². The fourth-order valence-corrected chi connectivity index (χ4v) is 1.67. The van der Waals surface area contributed by atoms with E-state index < -0.39 is 12.0 Å². The second kappa shape index (κ2) is 6.48. The lowest BCUT2D eigenvalue weighted by molar-refractivity contribution is -0.143. The number of nitrogens with zero attached hydrogens (tertiary/aromatic N) is 2. The number of hydrogen-bond donors (Lipinski definition) is 3. The summed E-state index contributed by atoms with van der Waals surface area (Å²) in [6.45, 7) is 0. The van der Waals surface area contributed by atoms with Crippen molar-refractivity contribution in [1.82, 2.24) is 5.01 Å². The zero-order valence-corrected chi connectivity index (χ0v) is 10.3. The van der Waals surface area contributed by atoms with Crippen LogP contribution in [0.15, 0.2) is 35.4 Å². The van der Waals surface area contributed by atoms with Gasteiger partial charge in [0, 0.05) is 7.05 Å². The minimum Gasteiger partial charge on any atom is -0.480 e. The quantitative estimate of drug-likeness (QED) is 0.380. The lowest BCUT2D eigenvalue weighted by Crippen LogP contribution is -2.38. The first kappa shape index (κ1) is 13.8. The summed E-state index contributed by atoms with van der Waals surface area (Å²) in [4.78, 5) is 11.2. The summed E-state index contributed by atoms with van der Waals surface area (Å²) in [5.74, 6) is -1.10. The van der Waals surface area contributed by atoms with Gasteiger partial charge in [0.15, 0.2) is 0 Å². The highest BCUT2D eigenvalue weighted by Crippen LogP contribution is 2.09. The summed E-state index contributed by atoms with van der Waals surface area (Å²) in [6.07, 6.45) is 1.09. The molecule has 0 aromatic heterocycles. The number of rotatable bonds is 6. The van der Waals surface area contributed by atoms with Gasteiger partial charge < -0.3 is 16.6 Å². The van der Waals surface area contributed by atoms with E-state index in [0.717, 1.165) is 5.56 Å². The van der Waals surface area contributed by atoms with Crippen molar-refractivity contribution >= 4 is 11.9 Å². The Bertz CT molecular complexity index is 415. The molecule has 0 fully saturated rings. The van der Waals surface area contributed by atoms with Crippen molar-refractivity contribution in [2.24, 2.45) is 16.6 Å². The third-order valence-corrected chi connectivity index (χ3v) is 2.56. The summed E-state index contributed by atoms with van der Waals surface area (Å²) in [5, 5.41) is 14.2. The van der Waals surface area contributed by atoms with Crippen LogP contribution in [0.5, 0.6) is 0 Å². The van der Waals surface area contributed by atoms with Crippen molar-refractivity contribution in [1.29, 1.82) is 0 Å². The molecule has 5 N–H and O–H groups in total. The molecule has 6 heteroatoms. The Morgan fingerprint density at radius 3 is 2.50 bits per heavy atom. The Morgan fingerprint density at radius 1 is 1.39 bits per heavy atom. The minimum atomic E-state index is -0.946. The number of hydrazone groups is 1. The monoisotopic (exact) mass is 250 g/mol. The van der Waals surface area contributed by atoms with E-state index >= 15 is 0 Å². The second-order valence-corrected chi connectivity index (χ2v) is 3.98. The number of likely N-dealkylation sites (N-methyl/N-ethyl adjacent to an activating group) is 1. The molecular formula is C12H18N4O2. The summed E-state index contributed by atoms with van der Waals surface area (Å²) >= 11 is 0. The van der Waals surface area contributed by atoms with Crippen molar-refractivity contribution in [2.75, 3.05) is 7.05 Å². The number of aliphatic carboxylic acids is 1. The molecule has 0 aliphatic carbocycles. The number of aryl methyl sites for hydroxylation is 1. The van der Waals surface area contributed by atoms with Crippen LogP contribution in [0, 0.1) is 0 Å². The van der Waals surface area contributed by atoms with Gasteiger partial charge in [-0.15, -0.1) is 5.10 Å². The second-order valence-electron chi connectivity index (χ2n) is 3.98. The normalized spacial score (nSPS) is 11.6. The van der Waals surface area contributed by atoms with E-state index in [-0.39, 0.29) is 5.96 Å². The van der Waals surface area contributed by atoms with Gasteiger partial charge in [-0.1, -0.05) is 30.3 Å². The molecule has 0 unspecified atom stereocenters. The van der Waals surface area contributed by atoms with Crippen LogP contribution < -0.4 is 11.5 Å². The molecule has 1 rings (SSSR count). The Kier molecular flexibility index (Phi) is 4.98. The Labute approximate surface area is 106 Å². The van der Waals surface area contributed by atoms with Crippen molar-refractivity contribution in [3.63, 3.8) is 0 Å². The summed E-state index contributed by atoms with van der Waals surface area (Å²) < 4.78 is 0. The number of carboxylic acids is 1. The minimum absolute atomic E-state index is 0.150. The third kappa shape index (κ3) is 4.32. The summed E-state index contributed by atoms with van der Waals surface area (Å²) in [6, 6.07) is 8.94. The lowest BCUT2D eigenvalue weighted by atomic mass is 10.1. The molecule has 1 atom stereocenters. The zero-order valence-electron chi connectivity index (χ0n) is 10.3. The molecule has 0 aliphatic rings. The molecule has 0 spiro atoms. The first-order valence-electron chi connectivity index (χ1n) is 5.60. The predicted molar refractivity (Wildman–Crippen MR) is 69.8 cm³/mol. The molecule has 6 nitrogen and oxygen atoms in total. The lowest BCUT2D eigenvalue weighted by Gasteiger charge is -2.21. The van der Waals surface area contributed by atoms with E-state index in [0.29, 0.717) is 12.8 Å². The zero-order chi connectivity index (χ0) is 13.5. The highest BCUT2D eigenvalue weighted by atomic mass is 16.4. The van der Waals surface area contributed by atoms with Gasteiger partial charge in [0.05, 0.1) is 0 Å². The maximum absolute atomic E-state index is 11.2. The first-order valence-corrected chi connectivity index (χ1v) is 5.60. The van der Waals surface area contributed by atoms with Gasteiger partial charge in [0.25, 0.3) is 0 Å². The first-order chi connectivity index (χ1) is 8.50. The highest BCUT2D eigenvalue weighted by Gasteiger charge is 2.21. The van der Waals surface area contributed by atoms with Crippen LogP contribution >= 0.6 is 0 Å². The Hall–Kier alpha value is -2.24. The van der Waals surface area contributed by atoms with Gasteiger partial charge in [-0.2, -0.15) is 0 Å². The van der Waals surface area contributed by atoms with Crippen LogP contribution in [0.25, 0.3) is 0 Å². The Balaban J connectivity index is 2.64. The van der Waals surface area contributed by atoms with E-state index in [1.165, 1.54) is 5.01 Å². The molecule has 1 aromatic rings. The van der Waals surface area contributed by atoms with E-state index in [1.54, 1.807) is 7.05 Å². The van der Waals surface area contributed by atoms with Crippen molar-refractivity contribution in [3.8, 4) is 0 Å². The molecule has 98 valence electrons. The molecular weight excluding hydrogens is 232 g/mol. The molecule has 0 radical (unpaired) electrons. The SMILES string of the molecule is CN(N=C(N)N)[C@@H](CCc1ccccc1)C(=O)O. The third-order valence-electron chi connectivity index (χ3n) is 2.56. The molecule has 0 amide bonds. The van der Waals surface area contributed by atoms with E-state index in [2.05, 4.69) is 5.10 Å². The summed E-state index contributed by atoms with van der Waals surface area (Å²) in [5.41, 5.74) is 11.5. The number of guanidine groups is 1. The van der Waals surface area contributed by atoms with Gasteiger partial charge >= 0.3 is 5.97 Å². The molecule has 0 saturated heterocycles. The van der Waals surface area contributed by atoms with Crippen LogP contribution in [-0.2, 0) is 11.2 Å². The molecule has 0 heterocycles. The highest BCUT2D eigenvalue weighted by molar-refractivity contribution is 5.76. The number of carboxylic acid groups (broad SMARTS) is 1. The number of nitrogens with two attached hydrogens (primary N) is 2. The molecule has 18 heavy (non-hydrogen) atoms. The maximum atomic E-state index is 11.2. The van der Waals surface area contributed by atoms with Crippen LogP contribution in [0.4, 0.5) is 0 Å². The van der Waals surface area contributed by atoms with E-state index in [1.807, 2.05) is 30.3 Å². The predicted octanol–water partition coefficient (Wildman–Crippen LogP) is 0.193. The molecule has 0 bridgehead atoms.